The summed E-state index contributed by atoms with van der Waals surface area (Å²) in [5, 5.41) is 9.25. The molecule has 0 unspecified atom stereocenters. The molecule has 0 heterocycles. The van der Waals surface area contributed by atoms with Crippen LogP contribution < -0.4 is 10.5 Å². The average Bonchev–Trinajstić information content (AvgIpc) is 2.11. The van der Waals surface area contributed by atoms with Crippen LogP contribution in [-0.2, 0) is 0 Å². The number of hydrogen-bond donors (Lipinski definition) is 2. The van der Waals surface area contributed by atoms with Crippen molar-refractivity contribution in [3.05, 3.63) is 23.2 Å². The minimum absolute atomic E-state index is 0.0505. The Hall–Kier alpha value is -0.930. The molecule has 0 saturated heterocycles. The minimum atomic E-state index is -0.278. The molecule has 1 rings (SSSR count). The molecule has 4 heteroatoms. The lowest BCUT2D eigenvalue weighted by Gasteiger charge is -2.13. The van der Waals surface area contributed by atoms with Gasteiger partial charge in [-0.15, -0.1) is 0 Å². The van der Waals surface area contributed by atoms with E-state index in [1.807, 2.05) is 0 Å². The van der Waals surface area contributed by atoms with Crippen molar-refractivity contribution in [1.82, 2.24) is 0 Å². The van der Waals surface area contributed by atoms with E-state index in [2.05, 4.69) is 0 Å². The molecule has 1 aromatic carbocycles. The molecule has 0 fully saturated rings. The van der Waals surface area contributed by atoms with Gasteiger partial charge in [0.2, 0.25) is 0 Å². The molecule has 0 amide bonds. The molecule has 72 valence electrons. The quantitative estimate of drug-likeness (QED) is 0.732. The molecule has 0 aliphatic heterocycles. The topological polar surface area (TPSA) is 55.5 Å². The number of aliphatic hydroxyl groups excluding tert-OH is 1. The van der Waals surface area contributed by atoms with Crippen molar-refractivity contribution in [1.29, 1.82) is 0 Å². The highest BCUT2D eigenvalue weighted by Crippen LogP contribution is 2.27. The largest absolute Gasteiger partial charge is 0.487 e. The lowest BCUT2D eigenvalue weighted by molar-refractivity contribution is 0.130. The first-order valence-corrected chi connectivity index (χ1v) is 4.34. The number of halogens is 1. The predicted molar refractivity (Wildman–Crippen MR) is 53.0 cm³/mol. The normalized spacial score (nSPS) is 12.5. The first-order chi connectivity index (χ1) is 6.13. The van der Waals surface area contributed by atoms with Crippen LogP contribution in [0.2, 0.25) is 5.02 Å². The van der Waals surface area contributed by atoms with Gasteiger partial charge in [-0.25, -0.2) is 0 Å². The second-order valence-corrected chi connectivity index (χ2v) is 3.21. The summed E-state index contributed by atoms with van der Waals surface area (Å²) in [6.45, 7) is 1.70. The van der Waals surface area contributed by atoms with Gasteiger partial charge < -0.3 is 15.6 Å². The van der Waals surface area contributed by atoms with Crippen LogP contribution in [0.25, 0.3) is 0 Å². The van der Waals surface area contributed by atoms with Crippen LogP contribution in [0.3, 0.4) is 0 Å². The molecule has 0 bridgehead atoms. The summed E-state index contributed by atoms with van der Waals surface area (Å²) in [5.74, 6) is 0.503. The van der Waals surface area contributed by atoms with Crippen molar-refractivity contribution in [2.24, 2.45) is 0 Å². The van der Waals surface area contributed by atoms with E-state index in [1.54, 1.807) is 25.1 Å². The van der Waals surface area contributed by atoms with Gasteiger partial charge in [-0.1, -0.05) is 11.6 Å². The smallest absolute Gasteiger partial charge is 0.140 e. The van der Waals surface area contributed by atoms with E-state index >= 15 is 0 Å². The Labute approximate surface area is 82.1 Å². The summed E-state index contributed by atoms with van der Waals surface area (Å²) in [5.41, 5.74) is 6.13. The number of rotatable bonds is 3. The molecule has 0 aromatic heterocycles. The lowest BCUT2D eigenvalue weighted by Crippen LogP contribution is -2.16. The van der Waals surface area contributed by atoms with Crippen LogP contribution in [0.1, 0.15) is 6.92 Å². The van der Waals surface area contributed by atoms with Gasteiger partial charge in [0.05, 0.1) is 11.6 Å². The van der Waals surface area contributed by atoms with Crippen LogP contribution in [0.4, 0.5) is 5.69 Å². The Kier molecular flexibility index (Phi) is 3.39. The fourth-order valence-corrected chi connectivity index (χ4v) is 1.03. The Morgan fingerprint density at radius 3 is 2.92 bits per heavy atom. The zero-order valence-corrected chi connectivity index (χ0v) is 8.08. The maximum Gasteiger partial charge on any atom is 0.140 e. The Balaban J connectivity index is 2.81. The molecule has 1 atom stereocenters. The fraction of sp³-hybridized carbons (Fsp3) is 0.333. The van der Waals surface area contributed by atoms with E-state index in [0.717, 1.165) is 0 Å². The summed E-state index contributed by atoms with van der Waals surface area (Å²) < 4.78 is 5.31. The average molecular weight is 202 g/mol. The van der Waals surface area contributed by atoms with E-state index in [9.17, 15) is 0 Å². The molecule has 0 aliphatic rings. The lowest BCUT2D eigenvalue weighted by atomic mass is 10.3. The van der Waals surface area contributed by atoms with Crippen molar-refractivity contribution in [2.45, 2.75) is 13.0 Å². The van der Waals surface area contributed by atoms with Gasteiger partial charge in [0.1, 0.15) is 11.9 Å². The molecular weight excluding hydrogens is 190 g/mol. The fourth-order valence-electron chi connectivity index (χ4n) is 0.864. The van der Waals surface area contributed by atoms with Gasteiger partial charge >= 0.3 is 0 Å². The highest BCUT2D eigenvalue weighted by atomic mass is 35.5. The van der Waals surface area contributed by atoms with Crippen molar-refractivity contribution in [2.75, 3.05) is 12.3 Å². The first kappa shape index (κ1) is 10.2. The predicted octanol–water partition coefficient (Wildman–Crippen LogP) is 1.68. The van der Waals surface area contributed by atoms with Crippen molar-refractivity contribution < 1.29 is 9.84 Å². The van der Waals surface area contributed by atoms with Gasteiger partial charge in [0.15, 0.2) is 0 Å². The third-order valence-electron chi connectivity index (χ3n) is 1.54. The Morgan fingerprint density at radius 2 is 2.31 bits per heavy atom. The first-order valence-electron chi connectivity index (χ1n) is 3.96. The van der Waals surface area contributed by atoms with Crippen LogP contribution >= 0.6 is 11.6 Å². The molecule has 3 nitrogen and oxygen atoms in total. The van der Waals surface area contributed by atoms with Crippen LogP contribution in [0.15, 0.2) is 18.2 Å². The van der Waals surface area contributed by atoms with Crippen LogP contribution in [0, 0.1) is 0 Å². The SMILES string of the molecule is C[C@H](CO)Oc1cc(N)ccc1Cl. The van der Waals surface area contributed by atoms with Gasteiger partial charge in [0.25, 0.3) is 0 Å². The zero-order valence-electron chi connectivity index (χ0n) is 7.33. The molecule has 0 aliphatic carbocycles. The number of hydrogen-bond acceptors (Lipinski definition) is 3. The molecule has 0 radical (unpaired) electrons. The van der Waals surface area contributed by atoms with E-state index in [-0.39, 0.29) is 12.7 Å². The van der Waals surface area contributed by atoms with E-state index in [1.165, 1.54) is 0 Å². The third kappa shape index (κ3) is 2.79. The minimum Gasteiger partial charge on any atom is -0.487 e. The molecule has 13 heavy (non-hydrogen) atoms. The van der Waals surface area contributed by atoms with Crippen molar-refractivity contribution in [3.63, 3.8) is 0 Å². The summed E-state index contributed by atoms with van der Waals surface area (Å²) in [7, 11) is 0. The maximum atomic E-state index is 8.76. The monoisotopic (exact) mass is 201 g/mol. The summed E-state index contributed by atoms with van der Waals surface area (Å²) >= 11 is 5.84. The maximum absolute atomic E-state index is 8.76. The Bertz CT molecular complexity index is 291. The van der Waals surface area contributed by atoms with Gasteiger partial charge in [-0.2, -0.15) is 0 Å². The second-order valence-electron chi connectivity index (χ2n) is 2.80. The van der Waals surface area contributed by atoms with E-state index < -0.39 is 0 Å². The van der Waals surface area contributed by atoms with Crippen molar-refractivity contribution >= 4 is 17.3 Å². The summed E-state index contributed by atoms with van der Waals surface area (Å²) in [6, 6.07) is 4.99. The van der Waals surface area contributed by atoms with Crippen LogP contribution in [-0.4, -0.2) is 17.8 Å². The summed E-state index contributed by atoms with van der Waals surface area (Å²) in [6.07, 6.45) is -0.278. The molecule has 0 spiro atoms. The van der Waals surface area contributed by atoms with E-state index in [0.29, 0.717) is 16.5 Å². The Morgan fingerprint density at radius 1 is 1.62 bits per heavy atom. The zero-order chi connectivity index (χ0) is 9.84. The second kappa shape index (κ2) is 4.35. The standard InChI is InChI=1S/C9H12ClNO2/c1-6(5-12)13-9-4-7(11)2-3-8(9)10/h2-4,6,12H,5,11H2,1H3/t6-/m1/s1. The highest BCUT2D eigenvalue weighted by Gasteiger charge is 2.06. The number of nitrogen functional groups attached to an aromatic ring is 1. The molecule has 1 aromatic rings. The summed E-state index contributed by atoms with van der Waals surface area (Å²) in [4.78, 5) is 0. The highest BCUT2D eigenvalue weighted by molar-refractivity contribution is 6.32. The number of nitrogens with two attached hydrogens (primary N) is 1. The van der Waals surface area contributed by atoms with Gasteiger partial charge in [0, 0.05) is 11.8 Å². The number of anilines is 1. The third-order valence-corrected chi connectivity index (χ3v) is 1.85. The van der Waals surface area contributed by atoms with Gasteiger partial charge in [-0.3, -0.25) is 0 Å². The van der Waals surface area contributed by atoms with E-state index in [4.69, 9.17) is 27.2 Å². The molecule has 3 N–H and O–H groups in total. The van der Waals surface area contributed by atoms with Crippen molar-refractivity contribution in [3.8, 4) is 5.75 Å². The van der Waals surface area contributed by atoms with Gasteiger partial charge in [-0.05, 0) is 19.1 Å². The molecular formula is C9H12ClNO2. The number of benzene rings is 1. The van der Waals surface area contributed by atoms with Crippen LogP contribution in [0.5, 0.6) is 5.75 Å². The number of aliphatic hydroxyl groups is 1. The molecule has 0 saturated carbocycles. The number of ether oxygens (including phenoxy) is 1.